The molecule has 0 atom stereocenters. The van der Waals surface area contributed by atoms with Crippen LogP contribution in [0.1, 0.15) is 33.7 Å². The van der Waals surface area contributed by atoms with Crippen LogP contribution in [0.2, 0.25) is 0 Å². The molecule has 0 saturated heterocycles. The molecule has 2 amide bonds. The number of rotatable bonds is 7. The maximum Gasteiger partial charge on any atom is 0.417 e. The van der Waals surface area contributed by atoms with Crippen LogP contribution in [-0.4, -0.2) is 38.9 Å². The molecule has 2 heterocycles. The highest BCUT2D eigenvalue weighted by Gasteiger charge is 2.35. The van der Waals surface area contributed by atoms with Gasteiger partial charge in [-0.25, -0.2) is 0 Å². The van der Waals surface area contributed by atoms with Crippen molar-refractivity contribution in [3.05, 3.63) is 99.8 Å². The van der Waals surface area contributed by atoms with Crippen LogP contribution >= 0.6 is 27.7 Å². The first kappa shape index (κ1) is 27.9. The lowest BCUT2D eigenvalue weighted by molar-refractivity contribution is -0.138. The van der Waals surface area contributed by atoms with E-state index in [0.29, 0.717) is 23.2 Å². The lowest BCUT2D eigenvalue weighted by atomic mass is 10.0. The number of hydrogen-bond donors (Lipinski definition) is 1. The molecule has 206 valence electrons. The summed E-state index contributed by atoms with van der Waals surface area (Å²) in [5, 5.41) is 11.4. The molecule has 0 bridgehead atoms. The zero-order valence-electron chi connectivity index (χ0n) is 21.0. The van der Waals surface area contributed by atoms with E-state index in [4.69, 9.17) is 0 Å². The normalized spacial score (nSPS) is 13.2. The number of carbonyl (C=O) groups excluding carboxylic acids is 2. The van der Waals surface area contributed by atoms with Gasteiger partial charge in [-0.15, -0.1) is 10.2 Å². The Morgan fingerprint density at radius 2 is 1.70 bits per heavy atom. The van der Waals surface area contributed by atoms with E-state index >= 15 is 0 Å². The molecule has 4 aromatic rings. The molecule has 3 aromatic carbocycles. The van der Waals surface area contributed by atoms with Gasteiger partial charge in [0.1, 0.15) is 0 Å². The Bertz CT molecular complexity index is 1540. The van der Waals surface area contributed by atoms with Crippen molar-refractivity contribution in [1.82, 2.24) is 20.1 Å². The van der Waals surface area contributed by atoms with Gasteiger partial charge < -0.3 is 10.2 Å². The van der Waals surface area contributed by atoms with E-state index in [2.05, 4.69) is 31.4 Å². The highest BCUT2D eigenvalue weighted by atomic mass is 79.9. The van der Waals surface area contributed by atoms with Crippen molar-refractivity contribution < 1.29 is 22.8 Å². The van der Waals surface area contributed by atoms with E-state index in [-0.39, 0.29) is 18.2 Å². The van der Waals surface area contributed by atoms with Gasteiger partial charge in [0, 0.05) is 22.4 Å². The third kappa shape index (κ3) is 6.07. The summed E-state index contributed by atoms with van der Waals surface area (Å²) in [6, 6.07) is 19.7. The molecule has 7 nitrogen and oxygen atoms in total. The molecule has 0 spiro atoms. The monoisotopic (exact) mass is 629 g/mol. The summed E-state index contributed by atoms with van der Waals surface area (Å²) in [5.74, 6) is -0.542. The number of anilines is 1. The standard InChI is InChI=1S/C28H23BrF3N5O2S/c29-19-11-13-20(14-12-19)37-24(16-33-26(39)21-8-2-3-9-22(21)28(30,31)32)34-35-27(37)40-17-25(38)36-15-5-7-18-6-1-4-10-23(18)36/h1-4,6,8-14H,5,7,15-17H2,(H,33,39). The van der Waals surface area contributed by atoms with Crippen LogP contribution in [0, 0.1) is 0 Å². The average molecular weight is 630 g/mol. The van der Waals surface area contributed by atoms with Crippen LogP contribution < -0.4 is 10.2 Å². The molecule has 12 heteroatoms. The van der Waals surface area contributed by atoms with Crippen LogP contribution in [0.25, 0.3) is 5.69 Å². The van der Waals surface area contributed by atoms with Gasteiger partial charge in [-0.3, -0.25) is 14.2 Å². The van der Waals surface area contributed by atoms with E-state index in [1.165, 1.54) is 23.9 Å². The smallest absolute Gasteiger partial charge is 0.345 e. The van der Waals surface area contributed by atoms with Crippen LogP contribution in [-0.2, 0) is 23.9 Å². The molecular formula is C28H23BrF3N5O2S. The van der Waals surface area contributed by atoms with Gasteiger partial charge >= 0.3 is 6.18 Å². The summed E-state index contributed by atoms with van der Waals surface area (Å²) >= 11 is 4.61. The SMILES string of the molecule is O=C(NCc1nnc(SCC(=O)N2CCCc3ccccc32)n1-c1ccc(Br)cc1)c1ccccc1C(F)(F)F. The molecule has 0 radical (unpaired) electrons. The Kier molecular flexibility index (Phi) is 8.27. The number of aromatic nitrogens is 3. The molecule has 40 heavy (non-hydrogen) atoms. The van der Waals surface area contributed by atoms with Gasteiger partial charge in [0.2, 0.25) is 5.91 Å². The largest absolute Gasteiger partial charge is 0.417 e. The average Bonchev–Trinajstić information content (AvgIpc) is 3.37. The molecule has 0 fully saturated rings. The summed E-state index contributed by atoms with van der Waals surface area (Å²) < 4.78 is 42.8. The van der Waals surface area contributed by atoms with E-state index in [1.54, 1.807) is 9.47 Å². The van der Waals surface area contributed by atoms with Crippen LogP contribution in [0.4, 0.5) is 18.9 Å². The fraction of sp³-hybridized carbons (Fsp3) is 0.214. The van der Waals surface area contributed by atoms with Crippen LogP contribution in [0.5, 0.6) is 0 Å². The first-order valence-corrected chi connectivity index (χ1v) is 14.2. The number of alkyl halides is 3. The number of carbonyl (C=O) groups is 2. The minimum atomic E-state index is -4.67. The highest BCUT2D eigenvalue weighted by Crippen LogP contribution is 2.32. The van der Waals surface area contributed by atoms with Gasteiger partial charge in [0.25, 0.3) is 5.91 Å². The number of hydrogen-bond acceptors (Lipinski definition) is 5. The Morgan fingerprint density at radius 3 is 2.48 bits per heavy atom. The first-order chi connectivity index (χ1) is 19.2. The fourth-order valence-corrected chi connectivity index (χ4v) is 5.65. The topological polar surface area (TPSA) is 80.1 Å². The Morgan fingerprint density at radius 1 is 0.975 bits per heavy atom. The zero-order valence-corrected chi connectivity index (χ0v) is 23.4. The number of thioether (sulfide) groups is 1. The van der Waals surface area contributed by atoms with E-state index < -0.39 is 23.2 Å². The van der Waals surface area contributed by atoms with E-state index in [0.717, 1.165) is 40.7 Å². The minimum absolute atomic E-state index is 0.0684. The summed E-state index contributed by atoms with van der Waals surface area (Å²) in [6.07, 6.45) is -2.87. The first-order valence-electron chi connectivity index (χ1n) is 12.4. The van der Waals surface area contributed by atoms with Crippen molar-refractivity contribution in [3.63, 3.8) is 0 Å². The predicted molar refractivity (Wildman–Crippen MR) is 150 cm³/mol. The summed E-state index contributed by atoms with van der Waals surface area (Å²) in [4.78, 5) is 27.7. The molecular weight excluding hydrogens is 607 g/mol. The van der Waals surface area contributed by atoms with Gasteiger partial charge in [0.05, 0.1) is 23.4 Å². The lowest BCUT2D eigenvalue weighted by Crippen LogP contribution is -2.36. The fourth-order valence-electron chi connectivity index (χ4n) is 4.54. The van der Waals surface area contributed by atoms with E-state index in [9.17, 15) is 22.8 Å². The quantitative estimate of drug-likeness (QED) is 0.252. The Hall–Kier alpha value is -3.64. The number of halogens is 4. The van der Waals surface area contributed by atoms with Crippen molar-refractivity contribution in [2.45, 2.75) is 30.7 Å². The molecule has 5 rings (SSSR count). The second-order valence-corrected chi connectivity index (χ2v) is 10.9. The summed E-state index contributed by atoms with van der Waals surface area (Å²) in [6.45, 7) is 0.453. The second kappa shape index (κ2) is 11.8. The number of nitrogens with one attached hydrogen (secondary N) is 1. The second-order valence-electron chi connectivity index (χ2n) is 9.00. The van der Waals surface area contributed by atoms with Gasteiger partial charge in [-0.2, -0.15) is 13.2 Å². The Balaban J connectivity index is 1.36. The Labute approximate surface area is 240 Å². The molecule has 0 saturated carbocycles. The molecule has 1 N–H and O–H groups in total. The summed E-state index contributed by atoms with van der Waals surface area (Å²) in [5.41, 5.74) is 1.22. The predicted octanol–water partition coefficient (Wildman–Crippen LogP) is 6.05. The van der Waals surface area contributed by atoms with Crippen LogP contribution in [0.3, 0.4) is 0 Å². The highest BCUT2D eigenvalue weighted by molar-refractivity contribution is 9.10. The van der Waals surface area contributed by atoms with Crippen molar-refractivity contribution >= 4 is 45.2 Å². The molecule has 1 aliphatic rings. The van der Waals surface area contributed by atoms with E-state index in [1.807, 2.05) is 48.5 Å². The van der Waals surface area contributed by atoms with Gasteiger partial charge in [-0.05, 0) is 60.9 Å². The van der Waals surface area contributed by atoms with Crippen molar-refractivity contribution in [2.24, 2.45) is 0 Å². The number of fused-ring (bicyclic) bond motifs is 1. The van der Waals surface area contributed by atoms with Gasteiger partial charge in [-0.1, -0.05) is 58.0 Å². The maximum atomic E-state index is 13.4. The number of nitrogens with zero attached hydrogens (tertiary/aromatic N) is 4. The summed E-state index contributed by atoms with van der Waals surface area (Å²) in [7, 11) is 0. The number of para-hydroxylation sites is 1. The van der Waals surface area contributed by atoms with Crippen molar-refractivity contribution in [2.75, 3.05) is 17.2 Å². The van der Waals surface area contributed by atoms with Gasteiger partial charge in [0.15, 0.2) is 11.0 Å². The number of amides is 2. The maximum absolute atomic E-state index is 13.4. The molecule has 0 unspecified atom stereocenters. The zero-order chi connectivity index (χ0) is 28.3. The van der Waals surface area contributed by atoms with Crippen molar-refractivity contribution in [1.29, 1.82) is 0 Å². The molecule has 1 aromatic heterocycles. The lowest BCUT2D eigenvalue weighted by Gasteiger charge is -2.29. The molecule has 1 aliphatic heterocycles. The molecule has 0 aliphatic carbocycles. The third-order valence-corrected chi connectivity index (χ3v) is 7.85. The number of benzene rings is 3. The van der Waals surface area contributed by atoms with Crippen LogP contribution in [0.15, 0.2) is 82.4 Å². The van der Waals surface area contributed by atoms with Crippen molar-refractivity contribution in [3.8, 4) is 5.69 Å². The minimum Gasteiger partial charge on any atom is -0.345 e. The number of aryl methyl sites for hydroxylation is 1. The third-order valence-electron chi connectivity index (χ3n) is 6.41.